The van der Waals surface area contributed by atoms with Crippen LogP contribution >= 0.6 is 11.6 Å². The average Bonchev–Trinajstić information content (AvgIpc) is 2.68. The summed E-state index contributed by atoms with van der Waals surface area (Å²) in [4.78, 5) is 12.4. The van der Waals surface area contributed by atoms with Gasteiger partial charge in [0, 0.05) is 10.7 Å². The van der Waals surface area contributed by atoms with Crippen LogP contribution in [0.2, 0.25) is 5.02 Å². The first-order valence-corrected chi connectivity index (χ1v) is 9.53. The Kier molecular flexibility index (Phi) is 8.38. The molecule has 146 valence electrons. The van der Waals surface area contributed by atoms with Gasteiger partial charge in [-0.1, -0.05) is 37.1 Å². The minimum absolute atomic E-state index is 0.0259. The molecule has 1 N–H and O–H groups in total. The monoisotopic (exact) mass is 398 g/mol. The fourth-order valence-electron chi connectivity index (χ4n) is 2.41. The van der Waals surface area contributed by atoms with Gasteiger partial charge in [-0.05, 0) is 55.3 Å². The van der Waals surface area contributed by atoms with Crippen molar-refractivity contribution in [1.29, 1.82) is 5.26 Å². The number of unbranched alkanes of at least 4 members (excludes halogenated alkanes) is 1. The van der Waals surface area contributed by atoms with Gasteiger partial charge in [0.05, 0.1) is 13.2 Å². The molecule has 28 heavy (non-hydrogen) atoms. The number of anilines is 1. The number of carbonyl (C=O) groups is 1. The quantitative estimate of drug-likeness (QED) is 0.345. The maximum absolute atomic E-state index is 12.4. The second-order valence-corrected chi connectivity index (χ2v) is 6.41. The normalized spacial score (nSPS) is 10.9. The fourth-order valence-corrected chi connectivity index (χ4v) is 2.60. The maximum atomic E-state index is 12.4. The van der Waals surface area contributed by atoms with Gasteiger partial charge in [-0.3, -0.25) is 4.79 Å². The van der Waals surface area contributed by atoms with E-state index in [2.05, 4.69) is 12.2 Å². The molecule has 0 aromatic heterocycles. The highest BCUT2D eigenvalue weighted by Crippen LogP contribution is 2.29. The molecule has 6 heteroatoms. The maximum Gasteiger partial charge on any atom is 0.266 e. The van der Waals surface area contributed by atoms with E-state index < -0.39 is 5.91 Å². The Morgan fingerprint density at radius 2 is 2.00 bits per heavy atom. The van der Waals surface area contributed by atoms with Crippen molar-refractivity contribution in [3.8, 4) is 17.6 Å². The molecule has 1 amide bonds. The summed E-state index contributed by atoms with van der Waals surface area (Å²) in [7, 11) is 0. The van der Waals surface area contributed by atoms with E-state index in [1.807, 2.05) is 13.0 Å². The summed E-state index contributed by atoms with van der Waals surface area (Å²) in [5, 5.41) is 12.6. The Balaban J connectivity index is 2.21. The van der Waals surface area contributed by atoms with Gasteiger partial charge in [-0.2, -0.15) is 5.26 Å². The highest BCUT2D eigenvalue weighted by molar-refractivity contribution is 6.31. The van der Waals surface area contributed by atoms with Gasteiger partial charge in [0.2, 0.25) is 0 Å². The predicted octanol–water partition coefficient (Wildman–Crippen LogP) is 5.46. The number of nitriles is 1. The lowest BCUT2D eigenvalue weighted by atomic mass is 10.1. The van der Waals surface area contributed by atoms with Gasteiger partial charge in [0.15, 0.2) is 11.5 Å². The number of hydrogen-bond acceptors (Lipinski definition) is 4. The number of hydrogen-bond donors (Lipinski definition) is 1. The van der Waals surface area contributed by atoms with Crippen molar-refractivity contribution in [2.45, 2.75) is 26.7 Å². The molecule has 0 aliphatic carbocycles. The van der Waals surface area contributed by atoms with Gasteiger partial charge in [-0.15, -0.1) is 0 Å². The molecule has 0 atom stereocenters. The Morgan fingerprint density at radius 1 is 1.18 bits per heavy atom. The molecule has 2 rings (SSSR count). The van der Waals surface area contributed by atoms with E-state index in [0.29, 0.717) is 41.0 Å². The highest BCUT2D eigenvalue weighted by atomic mass is 35.5. The van der Waals surface area contributed by atoms with E-state index in [-0.39, 0.29) is 5.57 Å². The summed E-state index contributed by atoms with van der Waals surface area (Å²) in [6, 6.07) is 14.0. The van der Waals surface area contributed by atoms with Gasteiger partial charge in [-0.25, -0.2) is 0 Å². The van der Waals surface area contributed by atoms with E-state index >= 15 is 0 Å². The van der Waals surface area contributed by atoms with Crippen LogP contribution < -0.4 is 14.8 Å². The van der Waals surface area contributed by atoms with Crippen LogP contribution in [-0.4, -0.2) is 19.1 Å². The van der Waals surface area contributed by atoms with Crippen LogP contribution in [0.3, 0.4) is 0 Å². The molecule has 0 spiro atoms. The number of benzene rings is 2. The lowest BCUT2D eigenvalue weighted by Crippen LogP contribution is -2.13. The zero-order chi connectivity index (χ0) is 20.4. The van der Waals surface area contributed by atoms with Gasteiger partial charge in [0.25, 0.3) is 5.91 Å². The van der Waals surface area contributed by atoms with E-state index in [1.54, 1.807) is 42.5 Å². The van der Waals surface area contributed by atoms with E-state index in [0.717, 1.165) is 12.8 Å². The van der Waals surface area contributed by atoms with Crippen LogP contribution in [-0.2, 0) is 4.79 Å². The first kappa shape index (κ1) is 21.3. The smallest absolute Gasteiger partial charge is 0.266 e. The summed E-state index contributed by atoms with van der Waals surface area (Å²) in [5.41, 5.74) is 1.17. The topological polar surface area (TPSA) is 71.3 Å². The highest BCUT2D eigenvalue weighted by Gasteiger charge is 2.11. The number of nitrogens with one attached hydrogen (secondary N) is 1. The zero-order valence-electron chi connectivity index (χ0n) is 16.0. The van der Waals surface area contributed by atoms with Crippen molar-refractivity contribution in [1.82, 2.24) is 0 Å². The van der Waals surface area contributed by atoms with Crippen LogP contribution in [0.5, 0.6) is 11.5 Å². The van der Waals surface area contributed by atoms with Gasteiger partial charge in [0.1, 0.15) is 11.6 Å². The van der Waals surface area contributed by atoms with Crippen LogP contribution in [0.1, 0.15) is 32.3 Å². The SMILES string of the molecule is CCCCOc1ccc(/C=C(/C#N)C(=O)Nc2cccc(Cl)c2)cc1OCC. The molecular formula is C22H23ClN2O3. The number of halogens is 1. The standard InChI is InChI=1S/C22H23ClN2O3/c1-3-5-11-28-20-10-9-16(13-21(20)27-4-2)12-17(15-24)22(26)25-19-8-6-7-18(23)14-19/h6-10,12-14H,3-5,11H2,1-2H3,(H,25,26)/b17-12-. The Bertz CT molecular complexity index is 888. The molecule has 0 radical (unpaired) electrons. The van der Waals surface area contributed by atoms with E-state index in [4.69, 9.17) is 21.1 Å². The molecule has 0 aliphatic rings. The third-order valence-electron chi connectivity index (χ3n) is 3.78. The predicted molar refractivity (Wildman–Crippen MR) is 112 cm³/mol. The van der Waals surface area contributed by atoms with E-state index in [9.17, 15) is 10.1 Å². The molecule has 0 heterocycles. The summed E-state index contributed by atoms with van der Waals surface area (Å²) < 4.78 is 11.4. The first-order chi connectivity index (χ1) is 13.6. The van der Waals surface area contributed by atoms with Crippen molar-refractivity contribution in [2.75, 3.05) is 18.5 Å². The number of rotatable bonds is 9. The van der Waals surface area contributed by atoms with Crippen LogP contribution in [0.4, 0.5) is 5.69 Å². The Morgan fingerprint density at radius 3 is 2.68 bits per heavy atom. The molecular weight excluding hydrogens is 376 g/mol. The minimum atomic E-state index is -0.508. The van der Waals surface area contributed by atoms with E-state index in [1.165, 1.54) is 6.08 Å². The molecule has 2 aromatic carbocycles. The third-order valence-corrected chi connectivity index (χ3v) is 4.02. The summed E-state index contributed by atoms with van der Waals surface area (Å²) >= 11 is 5.92. The Labute approximate surface area is 170 Å². The minimum Gasteiger partial charge on any atom is -0.490 e. The van der Waals surface area contributed by atoms with Crippen molar-refractivity contribution in [2.24, 2.45) is 0 Å². The number of nitrogens with zero attached hydrogens (tertiary/aromatic N) is 1. The average molecular weight is 399 g/mol. The molecule has 0 aliphatic heterocycles. The third kappa shape index (κ3) is 6.33. The van der Waals surface area contributed by atoms with Crippen molar-refractivity contribution >= 4 is 29.3 Å². The molecule has 0 fully saturated rings. The van der Waals surface area contributed by atoms with Gasteiger partial charge < -0.3 is 14.8 Å². The summed E-state index contributed by atoms with van der Waals surface area (Å²) in [6.07, 6.45) is 3.51. The molecule has 5 nitrogen and oxygen atoms in total. The van der Waals surface area contributed by atoms with Crippen molar-refractivity contribution in [3.63, 3.8) is 0 Å². The molecule has 0 unspecified atom stereocenters. The second kappa shape index (κ2) is 11.0. The molecule has 2 aromatic rings. The van der Waals surface area contributed by atoms with Gasteiger partial charge >= 0.3 is 0 Å². The van der Waals surface area contributed by atoms with Crippen LogP contribution in [0.25, 0.3) is 6.08 Å². The van der Waals surface area contributed by atoms with Crippen LogP contribution in [0, 0.1) is 11.3 Å². The largest absolute Gasteiger partial charge is 0.490 e. The molecule has 0 bridgehead atoms. The number of ether oxygens (including phenoxy) is 2. The summed E-state index contributed by atoms with van der Waals surface area (Å²) in [6.45, 7) is 5.07. The lowest BCUT2D eigenvalue weighted by Gasteiger charge is -2.12. The number of carbonyl (C=O) groups excluding carboxylic acids is 1. The zero-order valence-corrected chi connectivity index (χ0v) is 16.8. The van der Waals surface area contributed by atoms with Crippen molar-refractivity contribution in [3.05, 3.63) is 58.6 Å². The van der Waals surface area contributed by atoms with Crippen molar-refractivity contribution < 1.29 is 14.3 Å². The lowest BCUT2D eigenvalue weighted by molar-refractivity contribution is -0.112. The molecule has 0 saturated heterocycles. The number of amides is 1. The Hall–Kier alpha value is -2.97. The second-order valence-electron chi connectivity index (χ2n) is 5.98. The first-order valence-electron chi connectivity index (χ1n) is 9.15. The van der Waals surface area contributed by atoms with Crippen LogP contribution in [0.15, 0.2) is 48.0 Å². The molecule has 0 saturated carbocycles. The fraction of sp³-hybridized carbons (Fsp3) is 0.273. The summed E-state index contributed by atoms with van der Waals surface area (Å²) in [5.74, 6) is 0.722.